The number of carbonyl (C=O) groups is 1. The highest BCUT2D eigenvalue weighted by Gasteiger charge is 2.19. The van der Waals surface area contributed by atoms with Gasteiger partial charge in [0, 0.05) is 18.0 Å². The number of hydrogen-bond donors (Lipinski definition) is 2. The second-order valence-corrected chi connectivity index (χ2v) is 8.46. The number of aliphatic hydroxyl groups is 1. The predicted octanol–water partition coefficient (Wildman–Crippen LogP) is 4.49. The average molecular weight is 446 g/mol. The quantitative estimate of drug-likeness (QED) is 0.394. The van der Waals surface area contributed by atoms with Crippen LogP contribution >= 0.6 is 11.6 Å². The minimum atomic E-state index is -0.566. The fourth-order valence-corrected chi connectivity index (χ4v) is 4.17. The van der Waals surface area contributed by atoms with Gasteiger partial charge in [0.15, 0.2) is 0 Å². The van der Waals surface area contributed by atoms with Crippen molar-refractivity contribution in [3.8, 4) is 5.75 Å². The Labute approximate surface area is 189 Å². The first-order valence-electron chi connectivity index (χ1n) is 11.1. The van der Waals surface area contributed by atoms with E-state index in [0.29, 0.717) is 43.5 Å². The number of rotatable bonds is 11. The van der Waals surface area contributed by atoms with Crippen molar-refractivity contribution < 1.29 is 19.4 Å². The van der Waals surface area contributed by atoms with Gasteiger partial charge in [-0.05, 0) is 86.0 Å². The highest BCUT2D eigenvalue weighted by Crippen LogP contribution is 2.28. The Morgan fingerprint density at radius 1 is 1.26 bits per heavy atom. The molecule has 31 heavy (non-hydrogen) atoms. The summed E-state index contributed by atoms with van der Waals surface area (Å²) in [5, 5.41) is 14.4. The van der Waals surface area contributed by atoms with Crippen LogP contribution in [0.5, 0.6) is 5.75 Å². The maximum absolute atomic E-state index is 11.4. The average Bonchev–Trinajstić information content (AvgIpc) is 2.76. The van der Waals surface area contributed by atoms with Gasteiger partial charge in [-0.2, -0.15) is 0 Å². The van der Waals surface area contributed by atoms with E-state index in [0.717, 1.165) is 37.1 Å². The number of halogens is 1. The van der Waals surface area contributed by atoms with Crippen LogP contribution in [0.2, 0.25) is 5.02 Å². The lowest BCUT2D eigenvalue weighted by Gasteiger charge is -2.26. The zero-order valence-corrected chi connectivity index (χ0v) is 18.9. The molecule has 3 rings (SSSR count). The van der Waals surface area contributed by atoms with Gasteiger partial charge in [-0.25, -0.2) is 0 Å². The van der Waals surface area contributed by atoms with Crippen LogP contribution in [0.3, 0.4) is 0 Å². The topological polar surface area (TPSA) is 67.8 Å². The Morgan fingerprint density at radius 3 is 2.94 bits per heavy atom. The van der Waals surface area contributed by atoms with Gasteiger partial charge >= 0.3 is 5.97 Å². The molecule has 0 aliphatic heterocycles. The smallest absolute Gasteiger partial charge is 0.305 e. The molecule has 0 amide bonds. The van der Waals surface area contributed by atoms with Crippen molar-refractivity contribution in [1.82, 2.24) is 5.32 Å². The molecule has 168 valence electrons. The van der Waals surface area contributed by atoms with E-state index in [9.17, 15) is 9.90 Å². The van der Waals surface area contributed by atoms with Crippen molar-refractivity contribution in [2.45, 2.75) is 45.1 Å². The van der Waals surface area contributed by atoms with E-state index in [4.69, 9.17) is 21.1 Å². The first kappa shape index (κ1) is 23.6. The second-order valence-electron chi connectivity index (χ2n) is 8.03. The molecule has 2 N–H and O–H groups in total. The molecule has 6 heteroatoms. The number of benzene rings is 2. The molecule has 0 bridgehead atoms. The summed E-state index contributed by atoms with van der Waals surface area (Å²) in [4.78, 5) is 11.4. The molecule has 2 atom stereocenters. The number of aliphatic hydroxyl groups excluding tert-OH is 1. The summed E-state index contributed by atoms with van der Waals surface area (Å²) >= 11 is 6.01. The van der Waals surface area contributed by atoms with Gasteiger partial charge in [-0.1, -0.05) is 29.8 Å². The summed E-state index contributed by atoms with van der Waals surface area (Å²) in [6.07, 6.45) is 3.65. The van der Waals surface area contributed by atoms with Crippen LogP contribution in [-0.2, 0) is 22.4 Å². The lowest BCUT2D eigenvalue weighted by Crippen LogP contribution is -2.30. The molecule has 1 aliphatic carbocycles. The van der Waals surface area contributed by atoms with Crippen molar-refractivity contribution >= 4 is 17.6 Å². The third kappa shape index (κ3) is 7.53. The summed E-state index contributed by atoms with van der Waals surface area (Å²) in [7, 11) is 0. The van der Waals surface area contributed by atoms with Crippen LogP contribution < -0.4 is 10.1 Å². The third-order valence-corrected chi connectivity index (χ3v) is 5.85. The van der Waals surface area contributed by atoms with Crippen LogP contribution in [0.15, 0.2) is 42.5 Å². The number of esters is 1. The van der Waals surface area contributed by atoms with E-state index in [1.165, 1.54) is 11.1 Å². The van der Waals surface area contributed by atoms with E-state index in [1.807, 2.05) is 31.2 Å². The van der Waals surface area contributed by atoms with Gasteiger partial charge in [-0.3, -0.25) is 4.79 Å². The fraction of sp³-hybridized carbons (Fsp3) is 0.480. The lowest BCUT2D eigenvalue weighted by atomic mass is 9.83. The van der Waals surface area contributed by atoms with Crippen LogP contribution in [0, 0.1) is 5.92 Å². The van der Waals surface area contributed by atoms with Crippen molar-refractivity contribution in [2.75, 3.05) is 26.3 Å². The molecule has 0 radical (unpaired) electrons. The van der Waals surface area contributed by atoms with E-state index in [-0.39, 0.29) is 5.97 Å². The Bertz CT molecular complexity index is 857. The number of ether oxygens (including phenoxy) is 2. The lowest BCUT2D eigenvalue weighted by molar-refractivity contribution is -0.143. The second kappa shape index (κ2) is 12.1. The molecule has 0 saturated heterocycles. The standard InChI is InChI=1S/C25H32ClNO4/c1-2-30-25(29)7-4-12-31-23-11-10-19-9-8-18(13-21(19)15-23)16-27-17-24(28)20-5-3-6-22(26)14-20/h3,5-6,10-11,14-15,18,24,27-28H,2,4,7-9,12-13,16-17H2,1H3. The number of nitrogens with one attached hydrogen (secondary N) is 1. The van der Waals surface area contributed by atoms with Crippen LogP contribution in [0.1, 0.15) is 49.0 Å². The Balaban J connectivity index is 1.43. The molecule has 0 aromatic heterocycles. The van der Waals surface area contributed by atoms with Crippen molar-refractivity contribution in [1.29, 1.82) is 0 Å². The zero-order valence-electron chi connectivity index (χ0n) is 18.1. The van der Waals surface area contributed by atoms with E-state index >= 15 is 0 Å². The summed E-state index contributed by atoms with van der Waals surface area (Å²) in [5.41, 5.74) is 3.55. The van der Waals surface area contributed by atoms with Crippen LogP contribution in [0.25, 0.3) is 0 Å². The van der Waals surface area contributed by atoms with Crippen molar-refractivity contribution in [2.24, 2.45) is 5.92 Å². The van der Waals surface area contributed by atoms with Gasteiger partial charge in [-0.15, -0.1) is 0 Å². The Hall–Kier alpha value is -2.08. The zero-order chi connectivity index (χ0) is 22.1. The maximum Gasteiger partial charge on any atom is 0.305 e. The monoisotopic (exact) mass is 445 g/mol. The molecular weight excluding hydrogens is 414 g/mol. The van der Waals surface area contributed by atoms with Gasteiger partial charge in [0.05, 0.1) is 19.3 Å². The normalized spacial score (nSPS) is 16.4. The number of carbonyl (C=O) groups excluding carboxylic acids is 1. The van der Waals surface area contributed by atoms with Crippen LogP contribution in [0.4, 0.5) is 0 Å². The van der Waals surface area contributed by atoms with Gasteiger partial charge in [0.25, 0.3) is 0 Å². The summed E-state index contributed by atoms with van der Waals surface area (Å²) < 4.78 is 10.8. The SMILES string of the molecule is CCOC(=O)CCCOc1ccc2c(c1)CC(CNCC(O)c1cccc(Cl)c1)CC2. The summed E-state index contributed by atoms with van der Waals surface area (Å²) in [6, 6.07) is 13.7. The van der Waals surface area contributed by atoms with Gasteiger partial charge in [0.2, 0.25) is 0 Å². The summed E-state index contributed by atoms with van der Waals surface area (Å²) in [5.74, 6) is 1.21. The minimum Gasteiger partial charge on any atom is -0.494 e. The van der Waals surface area contributed by atoms with Crippen molar-refractivity contribution in [3.63, 3.8) is 0 Å². The van der Waals surface area contributed by atoms with Gasteiger partial charge < -0.3 is 19.9 Å². The largest absolute Gasteiger partial charge is 0.494 e. The predicted molar refractivity (Wildman–Crippen MR) is 123 cm³/mol. The minimum absolute atomic E-state index is 0.174. The molecular formula is C25H32ClNO4. The van der Waals surface area contributed by atoms with E-state index < -0.39 is 6.10 Å². The highest BCUT2D eigenvalue weighted by atomic mass is 35.5. The Morgan fingerprint density at radius 2 is 2.13 bits per heavy atom. The molecule has 2 aromatic rings. The number of fused-ring (bicyclic) bond motifs is 1. The third-order valence-electron chi connectivity index (χ3n) is 5.61. The summed E-state index contributed by atoms with van der Waals surface area (Å²) in [6.45, 7) is 4.10. The van der Waals surface area contributed by atoms with Crippen LogP contribution in [-0.4, -0.2) is 37.4 Å². The molecule has 0 fully saturated rings. The van der Waals surface area contributed by atoms with E-state index in [1.54, 1.807) is 6.07 Å². The number of hydrogen-bond acceptors (Lipinski definition) is 5. The molecule has 0 spiro atoms. The van der Waals surface area contributed by atoms with E-state index in [2.05, 4.69) is 17.4 Å². The maximum atomic E-state index is 11.4. The fourth-order valence-electron chi connectivity index (χ4n) is 3.97. The highest BCUT2D eigenvalue weighted by molar-refractivity contribution is 6.30. The first-order chi connectivity index (χ1) is 15.0. The molecule has 1 aliphatic rings. The van der Waals surface area contributed by atoms with Crippen molar-refractivity contribution in [3.05, 3.63) is 64.2 Å². The van der Waals surface area contributed by atoms with Gasteiger partial charge in [0.1, 0.15) is 5.75 Å². The molecule has 5 nitrogen and oxygen atoms in total. The first-order valence-corrected chi connectivity index (χ1v) is 11.5. The molecule has 2 aromatic carbocycles. The molecule has 0 saturated carbocycles. The molecule has 0 heterocycles. The Kier molecular flexibility index (Phi) is 9.19. The number of aryl methyl sites for hydroxylation is 1. The molecule has 2 unspecified atom stereocenters.